The third-order valence-corrected chi connectivity index (χ3v) is 4.05. The molecule has 0 radical (unpaired) electrons. The predicted octanol–water partition coefficient (Wildman–Crippen LogP) is 3.84. The summed E-state index contributed by atoms with van der Waals surface area (Å²) in [5, 5.41) is 3.34. The number of halogens is 2. The van der Waals surface area contributed by atoms with E-state index in [1.807, 2.05) is 19.9 Å². The summed E-state index contributed by atoms with van der Waals surface area (Å²) in [6, 6.07) is 6.97. The number of anilines is 1. The topological polar surface area (TPSA) is 65.2 Å². The summed E-state index contributed by atoms with van der Waals surface area (Å²) in [5.41, 5.74) is 1.99. The molecule has 0 bridgehead atoms. The van der Waals surface area contributed by atoms with Crippen LogP contribution in [0, 0.1) is 6.92 Å². The van der Waals surface area contributed by atoms with Crippen molar-refractivity contribution < 1.29 is 9.59 Å². The van der Waals surface area contributed by atoms with Crippen LogP contribution in [0.3, 0.4) is 0 Å². The molecule has 2 N–H and O–H groups in total. The van der Waals surface area contributed by atoms with Gasteiger partial charge in [-0.2, -0.15) is 0 Å². The van der Waals surface area contributed by atoms with Crippen molar-refractivity contribution in [2.24, 2.45) is 0 Å². The van der Waals surface area contributed by atoms with Gasteiger partial charge in [-0.3, -0.25) is 9.59 Å². The third-order valence-electron chi connectivity index (χ3n) is 3.36. The standard InChI is InChI=1S/C16H17BrClN3O2/c1-3-21(16(23)14-6-11(17)8-19-14)9-15(22)20-13-7-12(18)5-4-10(13)2/h4-8,19H,3,9H2,1-2H3,(H,20,22). The van der Waals surface area contributed by atoms with Crippen LogP contribution < -0.4 is 5.32 Å². The summed E-state index contributed by atoms with van der Waals surface area (Å²) < 4.78 is 0.788. The van der Waals surface area contributed by atoms with Crippen molar-refractivity contribution in [2.45, 2.75) is 13.8 Å². The molecule has 0 saturated heterocycles. The Balaban J connectivity index is 2.05. The van der Waals surface area contributed by atoms with Gasteiger partial charge in [-0.1, -0.05) is 17.7 Å². The first-order valence-corrected chi connectivity index (χ1v) is 8.27. The van der Waals surface area contributed by atoms with Crippen LogP contribution in [-0.2, 0) is 4.79 Å². The molecule has 1 heterocycles. The first kappa shape index (κ1) is 17.6. The van der Waals surface area contributed by atoms with Crippen LogP contribution in [0.15, 0.2) is 34.9 Å². The fraction of sp³-hybridized carbons (Fsp3) is 0.250. The number of rotatable bonds is 5. The van der Waals surface area contributed by atoms with Gasteiger partial charge >= 0.3 is 0 Å². The molecule has 1 aromatic carbocycles. The summed E-state index contributed by atoms with van der Waals surface area (Å²) in [4.78, 5) is 28.9. The van der Waals surface area contributed by atoms with Crippen LogP contribution >= 0.6 is 27.5 Å². The van der Waals surface area contributed by atoms with Crippen molar-refractivity contribution in [1.29, 1.82) is 0 Å². The van der Waals surface area contributed by atoms with E-state index in [0.29, 0.717) is 22.9 Å². The lowest BCUT2D eigenvalue weighted by atomic mass is 10.2. The highest BCUT2D eigenvalue weighted by Gasteiger charge is 2.19. The van der Waals surface area contributed by atoms with Gasteiger partial charge in [-0.15, -0.1) is 0 Å². The molecule has 2 amide bonds. The van der Waals surface area contributed by atoms with E-state index in [1.54, 1.807) is 24.4 Å². The normalized spacial score (nSPS) is 10.4. The minimum atomic E-state index is -0.267. The molecule has 0 saturated carbocycles. The molecule has 0 unspecified atom stereocenters. The van der Waals surface area contributed by atoms with E-state index in [4.69, 9.17) is 11.6 Å². The van der Waals surface area contributed by atoms with Gasteiger partial charge in [0.15, 0.2) is 0 Å². The summed E-state index contributed by atoms with van der Waals surface area (Å²) >= 11 is 9.23. The van der Waals surface area contributed by atoms with E-state index < -0.39 is 0 Å². The van der Waals surface area contributed by atoms with Crippen LogP contribution in [-0.4, -0.2) is 34.8 Å². The molecule has 7 heteroatoms. The summed E-state index contributed by atoms with van der Waals surface area (Å²) in [7, 11) is 0. The predicted molar refractivity (Wildman–Crippen MR) is 94.9 cm³/mol. The van der Waals surface area contributed by atoms with Gasteiger partial charge in [0.05, 0.1) is 0 Å². The quantitative estimate of drug-likeness (QED) is 0.803. The number of carbonyl (C=O) groups excluding carboxylic acids is 2. The molecule has 0 aliphatic rings. The fourth-order valence-corrected chi connectivity index (χ4v) is 2.60. The van der Waals surface area contributed by atoms with E-state index in [9.17, 15) is 9.59 Å². The molecule has 0 aliphatic carbocycles. The highest BCUT2D eigenvalue weighted by Crippen LogP contribution is 2.20. The van der Waals surface area contributed by atoms with Gasteiger partial charge in [0, 0.05) is 27.9 Å². The number of nitrogens with one attached hydrogen (secondary N) is 2. The van der Waals surface area contributed by atoms with Gasteiger partial charge in [-0.25, -0.2) is 0 Å². The van der Waals surface area contributed by atoms with Gasteiger partial charge in [-0.05, 0) is 53.5 Å². The van der Waals surface area contributed by atoms with Gasteiger partial charge in [0.1, 0.15) is 12.2 Å². The van der Waals surface area contributed by atoms with Gasteiger partial charge in [0.25, 0.3) is 5.91 Å². The number of nitrogens with zero attached hydrogens (tertiary/aromatic N) is 1. The first-order chi connectivity index (χ1) is 10.9. The molecule has 0 fully saturated rings. The number of amides is 2. The van der Waals surface area contributed by atoms with Gasteiger partial charge < -0.3 is 15.2 Å². The van der Waals surface area contributed by atoms with E-state index in [1.165, 1.54) is 4.90 Å². The third kappa shape index (κ3) is 4.59. The van der Waals surface area contributed by atoms with Crippen molar-refractivity contribution in [3.05, 3.63) is 51.2 Å². The molecule has 0 atom stereocenters. The number of aromatic nitrogens is 1. The molecule has 1 aromatic heterocycles. The Labute approximate surface area is 148 Å². The number of H-pyrrole nitrogens is 1. The maximum atomic E-state index is 12.4. The van der Waals surface area contributed by atoms with Gasteiger partial charge in [0.2, 0.25) is 5.91 Å². The second kappa shape index (κ2) is 7.66. The molecule has 23 heavy (non-hydrogen) atoms. The molecule has 5 nitrogen and oxygen atoms in total. The lowest BCUT2D eigenvalue weighted by molar-refractivity contribution is -0.116. The molecular weight excluding hydrogens is 382 g/mol. The zero-order chi connectivity index (χ0) is 17.0. The number of likely N-dealkylation sites (N-methyl/N-ethyl adjacent to an activating group) is 1. The monoisotopic (exact) mass is 397 g/mol. The maximum absolute atomic E-state index is 12.4. The Morgan fingerprint density at radius 3 is 2.70 bits per heavy atom. The summed E-state index contributed by atoms with van der Waals surface area (Å²) in [5.74, 6) is -0.493. The van der Waals surface area contributed by atoms with E-state index in [-0.39, 0.29) is 18.4 Å². The van der Waals surface area contributed by atoms with Crippen LogP contribution in [0.5, 0.6) is 0 Å². The minimum Gasteiger partial charge on any atom is -0.356 e. The number of hydrogen-bond donors (Lipinski definition) is 2. The van der Waals surface area contributed by atoms with Crippen LogP contribution in [0.2, 0.25) is 5.02 Å². The SMILES string of the molecule is CCN(CC(=O)Nc1cc(Cl)ccc1C)C(=O)c1cc(Br)c[nH]1. The number of benzene rings is 1. The largest absolute Gasteiger partial charge is 0.356 e. The van der Waals surface area contributed by atoms with Crippen LogP contribution in [0.4, 0.5) is 5.69 Å². The minimum absolute atomic E-state index is 0.0298. The average molecular weight is 399 g/mol. The molecule has 122 valence electrons. The van der Waals surface area contributed by atoms with Crippen molar-refractivity contribution in [1.82, 2.24) is 9.88 Å². The van der Waals surface area contributed by atoms with Crippen molar-refractivity contribution >= 4 is 45.0 Å². The molecular formula is C16H17BrClN3O2. The molecule has 0 spiro atoms. The Bertz CT molecular complexity index is 730. The van der Waals surface area contributed by atoms with Crippen molar-refractivity contribution in [2.75, 3.05) is 18.4 Å². The summed E-state index contributed by atoms with van der Waals surface area (Å²) in [6.45, 7) is 4.11. The lowest BCUT2D eigenvalue weighted by Crippen LogP contribution is -2.38. The second-order valence-corrected chi connectivity index (χ2v) is 6.41. The Morgan fingerprint density at radius 1 is 1.35 bits per heavy atom. The van der Waals surface area contributed by atoms with Crippen LogP contribution in [0.1, 0.15) is 23.0 Å². The van der Waals surface area contributed by atoms with E-state index in [2.05, 4.69) is 26.2 Å². The zero-order valence-corrected chi connectivity index (χ0v) is 15.2. The Morgan fingerprint density at radius 2 is 2.09 bits per heavy atom. The number of aryl methyl sites for hydroxylation is 1. The first-order valence-electron chi connectivity index (χ1n) is 7.10. The highest BCUT2D eigenvalue weighted by atomic mass is 79.9. The van der Waals surface area contributed by atoms with Crippen molar-refractivity contribution in [3.63, 3.8) is 0 Å². The highest BCUT2D eigenvalue weighted by molar-refractivity contribution is 9.10. The fourth-order valence-electron chi connectivity index (χ4n) is 2.08. The molecule has 2 rings (SSSR count). The van der Waals surface area contributed by atoms with Crippen molar-refractivity contribution in [3.8, 4) is 0 Å². The smallest absolute Gasteiger partial charge is 0.270 e. The van der Waals surface area contributed by atoms with E-state index >= 15 is 0 Å². The number of carbonyl (C=O) groups is 2. The molecule has 2 aromatic rings. The summed E-state index contributed by atoms with van der Waals surface area (Å²) in [6.07, 6.45) is 1.68. The number of hydrogen-bond acceptors (Lipinski definition) is 2. The lowest BCUT2D eigenvalue weighted by Gasteiger charge is -2.20. The Kier molecular flexibility index (Phi) is 5.85. The Hall–Kier alpha value is -1.79. The maximum Gasteiger partial charge on any atom is 0.270 e. The zero-order valence-electron chi connectivity index (χ0n) is 12.8. The molecule has 0 aliphatic heterocycles. The van der Waals surface area contributed by atoms with E-state index in [0.717, 1.165) is 10.0 Å². The second-order valence-electron chi connectivity index (χ2n) is 5.06. The average Bonchev–Trinajstić information content (AvgIpc) is 2.94. The van der Waals surface area contributed by atoms with Crippen LogP contribution in [0.25, 0.3) is 0 Å². The number of aromatic amines is 1.